The van der Waals surface area contributed by atoms with Gasteiger partial charge in [0, 0.05) is 38.2 Å². The van der Waals surface area contributed by atoms with Crippen LogP contribution in [-0.2, 0) is 17.6 Å². The van der Waals surface area contributed by atoms with Gasteiger partial charge in [-0.25, -0.2) is 9.97 Å². The highest BCUT2D eigenvalue weighted by molar-refractivity contribution is 5.76. The number of pyridine rings is 1. The van der Waals surface area contributed by atoms with Gasteiger partial charge in [-0.1, -0.05) is 30.3 Å². The van der Waals surface area contributed by atoms with Gasteiger partial charge in [0.05, 0.1) is 0 Å². The minimum atomic E-state index is 0.208. The Morgan fingerprint density at radius 1 is 1.03 bits per heavy atom. The first-order valence-corrected chi connectivity index (χ1v) is 12.7. The maximum absolute atomic E-state index is 13.0. The second kappa shape index (κ2) is 9.64. The van der Waals surface area contributed by atoms with Gasteiger partial charge in [-0.3, -0.25) is 4.79 Å². The van der Waals surface area contributed by atoms with Crippen LogP contribution in [0.4, 0.5) is 0 Å². The van der Waals surface area contributed by atoms with Gasteiger partial charge < -0.3 is 18.9 Å². The Morgan fingerprint density at radius 2 is 1.86 bits per heavy atom. The lowest BCUT2D eigenvalue weighted by molar-refractivity contribution is -0.132. The minimum Gasteiger partial charge on any atom is -0.454 e. The highest BCUT2D eigenvalue weighted by Gasteiger charge is 2.27. The summed E-state index contributed by atoms with van der Waals surface area (Å²) in [4.78, 5) is 24.7. The predicted octanol–water partition coefficient (Wildman–Crippen LogP) is 4.86. The molecular weight excluding hydrogens is 452 g/mol. The quantitative estimate of drug-likeness (QED) is 0.393. The Kier molecular flexibility index (Phi) is 6.05. The van der Waals surface area contributed by atoms with Crippen molar-refractivity contribution < 1.29 is 14.3 Å². The van der Waals surface area contributed by atoms with E-state index < -0.39 is 0 Å². The first-order valence-electron chi connectivity index (χ1n) is 12.7. The highest BCUT2D eigenvalue weighted by Crippen LogP contribution is 2.33. The Morgan fingerprint density at radius 3 is 2.72 bits per heavy atom. The van der Waals surface area contributed by atoms with E-state index in [0.717, 1.165) is 66.4 Å². The van der Waals surface area contributed by atoms with E-state index in [9.17, 15) is 4.79 Å². The molecule has 0 N–H and O–H groups in total. The number of aromatic nitrogens is 3. The molecule has 1 fully saturated rings. The van der Waals surface area contributed by atoms with E-state index in [0.29, 0.717) is 12.8 Å². The van der Waals surface area contributed by atoms with Crippen LogP contribution in [0.2, 0.25) is 0 Å². The molecule has 0 spiro atoms. The number of imidazole rings is 1. The average molecular weight is 483 g/mol. The Labute approximate surface area is 210 Å². The second-order valence-corrected chi connectivity index (χ2v) is 9.65. The van der Waals surface area contributed by atoms with Crippen molar-refractivity contribution in [2.45, 2.75) is 45.1 Å². The molecule has 2 aromatic carbocycles. The van der Waals surface area contributed by atoms with Crippen molar-refractivity contribution >= 4 is 17.1 Å². The van der Waals surface area contributed by atoms with Crippen molar-refractivity contribution in [3.05, 3.63) is 83.3 Å². The summed E-state index contributed by atoms with van der Waals surface area (Å²) in [7, 11) is 0. The van der Waals surface area contributed by atoms with Crippen LogP contribution < -0.4 is 9.47 Å². The zero-order chi connectivity index (χ0) is 24.5. The van der Waals surface area contributed by atoms with Crippen molar-refractivity contribution in [2.75, 3.05) is 19.9 Å². The van der Waals surface area contributed by atoms with Crippen LogP contribution in [0, 0.1) is 6.92 Å². The molecule has 7 heteroatoms. The molecule has 36 heavy (non-hydrogen) atoms. The monoisotopic (exact) mass is 482 g/mol. The number of likely N-dealkylation sites (tertiary alicyclic amines) is 1. The third kappa shape index (κ3) is 4.41. The van der Waals surface area contributed by atoms with Crippen LogP contribution in [0.15, 0.2) is 60.8 Å². The number of piperidine rings is 1. The van der Waals surface area contributed by atoms with Crippen molar-refractivity contribution in [1.82, 2.24) is 19.4 Å². The predicted molar refractivity (Wildman–Crippen MR) is 137 cm³/mol. The van der Waals surface area contributed by atoms with Crippen molar-refractivity contribution in [3.8, 4) is 11.5 Å². The number of benzene rings is 2. The lowest BCUT2D eigenvalue weighted by Crippen LogP contribution is -2.39. The summed E-state index contributed by atoms with van der Waals surface area (Å²) in [5, 5.41) is 0. The number of nitrogens with zero attached hydrogens (tertiary/aromatic N) is 4. The molecule has 0 saturated carbocycles. The molecule has 1 saturated heterocycles. The minimum absolute atomic E-state index is 0.208. The first-order chi connectivity index (χ1) is 17.7. The number of rotatable bonds is 6. The summed E-state index contributed by atoms with van der Waals surface area (Å²) in [6, 6.07) is 18.7. The van der Waals surface area contributed by atoms with Gasteiger partial charge in [-0.2, -0.15) is 0 Å². The topological polar surface area (TPSA) is 69.5 Å². The average Bonchev–Trinajstić information content (AvgIpc) is 3.52. The van der Waals surface area contributed by atoms with Crippen LogP contribution in [-0.4, -0.2) is 45.2 Å². The van der Waals surface area contributed by atoms with Crippen LogP contribution in [0.3, 0.4) is 0 Å². The third-order valence-electron chi connectivity index (χ3n) is 7.38. The number of aryl methyl sites for hydroxylation is 2. The standard InChI is InChI=1S/C29H30N4O3/c1-20-5-2-3-6-22(20)18-27-31-24-7-4-14-30-29(24)33(27)23-12-15-32(16-13-23)28(34)11-9-21-8-10-25-26(17-21)36-19-35-25/h2-8,10,14,17,23H,9,11-13,15-16,18-19H2,1H3. The Balaban J connectivity index is 1.14. The SMILES string of the molecule is Cc1ccccc1Cc1nc2cccnc2n1C1CCN(C(=O)CCc2ccc3c(c2)OCO3)CC1. The zero-order valence-corrected chi connectivity index (χ0v) is 20.5. The summed E-state index contributed by atoms with van der Waals surface area (Å²) in [5.74, 6) is 2.80. The lowest BCUT2D eigenvalue weighted by Gasteiger charge is -2.33. The molecule has 0 atom stereocenters. The van der Waals surface area contributed by atoms with Crippen LogP contribution in [0.25, 0.3) is 11.2 Å². The molecule has 4 aromatic rings. The summed E-state index contributed by atoms with van der Waals surface area (Å²) in [6.45, 7) is 3.91. The van der Waals surface area contributed by atoms with Gasteiger partial charge in [0.25, 0.3) is 0 Å². The van der Waals surface area contributed by atoms with E-state index in [1.54, 1.807) is 0 Å². The summed E-state index contributed by atoms with van der Waals surface area (Å²) < 4.78 is 13.2. The number of carbonyl (C=O) groups is 1. The molecule has 0 aliphatic carbocycles. The lowest BCUT2D eigenvalue weighted by atomic mass is 10.0. The molecule has 2 aromatic heterocycles. The van der Waals surface area contributed by atoms with E-state index in [1.165, 1.54) is 11.1 Å². The van der Waals surface area contributed by atoms with E-state index in [2.05, 4.69) is 40.7 Å². The Bertz CT molecular complexity index is 1400. The van der Waals surface area contributed by atoms with E-state index >= 15 is 0 Å². The molecule has 2 aliphatic heterocycles. The number of hydrogen-bond donors (Lipinski definition) is 0. The summed E-state index contributed by atoms with van der Waals surface area (Å²) in [6.07, 6.45) is 5.62. The van der Waals surface area contributed by atoms with Gasteiger partial charge in [-0.15, -0.1) is 0 Å². The molecule has 4 heterocycles. The molecule has 0 unspecified atom stereocenters. The summed E-state index contributed by atoms with van der Waals surface area (Å²) in [5.41, 5.74) is 5.52. The number of ether oxygens (including phenoxy) is 2. The molecule has 0 radical (unpaired) electrons. The molecular formula is C29H30N4O3. The number of fused-ring (bicyclic) bond motifs is 2. The maximum Gasteiger partial charge on any atom is 0.231 e. The van der Waals surface area contributed by atoms with E-state index in [4.69, 9.17) is 14.5 Å². The van der Waals surface area contributed by atoms with Crippen molar-refractivity contribution in [3.63, 3.8) is 0 Å². The zero-order valence-electron chi connectivity index (χ0n) is 20.5. The van der Waals surface area contributed by atoms with Crippen LogP contribution >= 0.6 is 0 Å². The van der Waals surface area contributed by atoms with Crippen LogP contribution in [0.1, 0.15) is 47.8 Å². The molecule has 184 valence electrons. The molecule has 7 nitrogen and oxygen atoms in total. The first kappa shape index (κ1) is 22.6. The van der Waals surface area contributed by atoms with Gasteiger partial charge >= 0.3 is 0 Å². The number of amides is 1. The maximum atomic E-state index is 13.0. The van der Waals surface area contributed by atoms with E-state index in [1.807, 2.05) is 41.4 Å². The molecule has 1 amide bonds. The fraction of sp³-hybridized carbons (Fsp3) is 0.345. The van der Waals surface area contributed by atoms with Gasteiger partial charge in [0.1, 0.15) is 11.3 Å². The largest absolute Gasteiger partial charge is 0.454 e. The van der Waals surface area contributed by atoms with Gasteiger partial charge in [0.2, 0.25) is 12.7 Å². The molecule has 6 rings (SSSR count). The van der Waals surface area contributed by atoms with E-state index in [-0.39, 0.29) is 18.7 Å². The second-order valence-electron chi connectivity index (χ2n) is 9.65. The number of hydrogen-bond acceptors (Lipinski definition) is 5. The summed E-state index contributed by atoms with van der Waals surface area (Å²) >= 11 is 0. The van der Waals surface area contributed by atoms with Gasteiger partial charge in [-0.05, 0) is 67.1 Å². The fourth-order valence-corrected chi connectivity index (χ4v) is 5.34. The fourth-order valence-electron chi connectivity index (χ4n) is 5.34. The smallest absolute Gasteiger partial charge is 0.231 e. The highest BCUT2D eigenvalue weighted by atomic mass is 16.7. The Hall–Kier alpha value is -3.87. The normalized spacial score (nSPS) is 15.5. The number of carbonyl (C=O) groups excluding carboxylic acids is 1. The third-order valence-corrected chi connectivity index (χ3v) is 7.38. The van der Waals surface area contributed by atoms with Gasteiger partial charge in [0.15, 0.2) is 17.1 Å². The molecule has 0 bridgehead atoms. The van der Waals surface area contributed by atoms with Crippen molar-refractivity contribution in [1.29, 1.82) is 0 Å². The molecule has 2 aliphatic rings. The van der Waals surface area contributed by atoms with Crippen LogP contribution in [0.5, 0.6) is 11.5 Å². The van der Waals surface area contributed by atoms with Crippen molar-refractivity contribution in [2.24, 2.45) is 0 Å².